The largest absolute Gasteiger partial charge is 0.478 e. The minimum Gasteiger partial charge on any atom is -0.478 e. The Morgan fingerprint density at radius 1 is 1.50 bits per heavy atom. The molecular weight excluding hydrogens is 206 g/mol. The number of hydrogen-bond donors (Lipinski definition) is 2. The fourth-order valence-electron chi connectivity index (χ4n) is 2.09. The van der Waals surface area contributed by atoms with Crippen molar-refractivity contribution in [2.24, 2.45) is 0 Å². The SMILES string of the molecule is O=C(O)c1ccc2c(c1)nc1n2CCNC1. The first kappa shape index (κ1) is 9.35. The summed E-state index contributed by atoms with van der Waals surface area (Å²) in [4.78, 5) is 15.3. The van der Waals surface area contributed by atoms with Crippen LogP contribution < -0.4 is 5.32 Å². The second-order valence-corrected chi connectivity index (χ2v) is 3.87. The summed E-state index contributed by atoms with van der Waals surface area (Å²) in [6.45, 7) is 2.56. The van der Waals surface area contributed by atoms with Gasteiger partial charge in [0, 0.05) is 13.1 Å². The van der Waals surface area contributed by atoms with Gasteiger partial charge in [-0.1, -0.05) is 0 Å². The highest BCUT2D eigenvalue weighted by atomic mass is 16.4. The molecule has 0 radical (unpaired) electrons. The highest BCUT2D eigenvalue weighted by Gasteiger charge is 2.15. The lowest BCUT2D eigenvalue weighted by Gasteiger charge is -2.15. The van der Waals surface area contributed by atoms with Gasteiger partial charge in [-0.3, -0.25) is 0 Å². The van der Waals surface area contributed by atoms with Gasteiger partial charge in [0.1, 0.15) is 5.82 Å². The van der Waals surface area contributed by atoms with E-state index in [9.17, 15) is 4.79 Å². The Morgan fingerprint density at radius 2 is 2.38 bits per heavy atom. The second kappa shape index (κ2) is 3.31. The van der Waals surface area contributed by atoms with Crippen molar-refractivity contribution >= 4 is 17.0 Å². The third kappa shape index (κ3) is 1.29. The fourth-order valence-corrected chi connectivity index (χ4v) is 2.09. The van der Waals surface area contributed by atoms with Gasteiger partial charge >= 0.3 is 5.97 Å². The van der Waals surface area contributed by atoms with Crippen LogP contribution in [0, 0.1) is 0 Å². The average Bonchev–Trinajstić information content (AvgIpc) is 2.66. The number of rotatable bonds is 1. The molecule has 0 saturated carbocycles. The molecular formula is C11H11N3O2. The number of carbonyl (C=O) groups is 1. The Hall–Kier alpha value is -1.88. The van der Waals surface area contributed by atoms with Gasteiger partial charge in [0.15, 0.2) is 0 Å². The molecule has 0 spiro atoms. The Bertz CT molecular complexity index is 574. The molecule has 0 aliphatic carbocycles. The smallest absolute Gasteiger partial charge is 0.335 e. The minimum absolute atomic E-state index is 0.288. The van der Waals surface area contributed by atoms with Crippen LogP contribution in [0.4, 0.5) is 0 Å². The van der Waals surface area contributed by atoms with Gasteiger partial charge in [-0.15, -0.1) is 0 Å². The molecule has 82 valence electrons. The van der Waals surface area contributed by atoms with Gasteiger partial charge in [0.25, 0.3) is 0 Å². The molecule has 1 aromatic heterocycles. The molecule has 0 amide bonds. The maximum Gasteiger partial charge on any atom is 0.335 e. The summed E-state index contributed by atoms with van der Waals surface area (Å²) in [5, 5.41) is 12.1. The molecule has 0 saturated heterocycles. The van der Waals surface area contributed by atoms with Crippen molar-refractivity contribution in [2.45, 2.75) is 13.1 Å². The standard InChI is InChI=1S/C11H11N3O2/c15-11(16)7-1-2-9-8(5-7)13-10-6-12-3-4-14(9)10/h1-2,5,12H,3-4,6H2,(H,15,16). The lowest BCUT2D eigenvalue weighted by Crippen LogP contribution is -2.28. The van der Waals surface area contributed by atoms with E-state index in [0.717, 1.165) is 36.5 Å². The number of fused-ring (bicyclic) bond motifs is 3. The molecule has 5 heteroatoms. The maximum atomic E-state index is 10.8. The summed E-state index contributed by atoms with van der Waals surface area (Å²) in [5.74, 6) is 0.0646. The highest BCUT2D eigenvalue weighted by molar-refractivity contribution is 5.92. The van der Waals surface area contributed by atoms with Gasteiger partial charge in [-0.2, -0.15) is 0 Å². The molecule has 2 aromatic rings. The molecule has 5 nitrogen and oxygen atoms in total. The van der Waals surface area contributed by atoms with Crippen molar-refractivity contribution in [3.05, 3.63) is 29.6 Å². The maximum absolute atomic E-state index is 10.8. The van der Waals surface area contributed by atoms with E-state index in [-0.39, 0.29) is 5.56 Å². The molecule has 0 unspecified atom stereocenters. The highest BCUT2D eigenvalue weighted by Crippen LogP contribution is 2.19. The third-order valence-corrected chi connectivity index (χ3v) is 2.87. The number of aromatic carboxylic acids is 1. The second-order valence-electron chi connectivity index (χ2n) is 3.87. The number of carboxylic acids is 1. The number of hydrogen-bond acceptors (Lipinski definition) is 3. The van der Waals surface area contributed by atoms with Crippen molar-refractivity contribution in [1.29, 1.82) is 0 Å². The topological polar surface area (TPSA) is 67.1 Å². The number of nitrogens with one attached hydrogen (secondary N) is 1. The Labute approximate surface area is 91.7 Å². The Balaban J connectivity index is 2.22. The van der Waals surface area contributed by atoms with E-state index in [1.54, 1.807) is 12.1 Å². The van der Waals surface area contributed by atoms with Gasteiger partial charge < -0.3 is 15.0 Å². The predicted molar refractivity (Wildman–Crippen MR) is 58.4 cm³/mol. The number of nitrogens with zero attached hydrogens (tertiary/aromatic N) is 2. The molecule has 3 rings (SSSR count). The van der Waals surface area contributed by atoms with Crippen LogP contribution in [0.1, 0.15) is 16.2 Å². The third-order valence-electron chi connectivity index (χ3n) is 2.87. The molecule has 2 N–H and O–H groups in total. The number of carboxylic acid groups (broad SMARTS) is 1. The van der Waals surface area contributed by atoms with E-state index in [1.807, 2.05) is 6.07 Å². The van der Waals surface area contributed by atoms with E-state index < -0.39 is 5.97 Å². The molecule has 16 heavy (non-hydrogen) atoms. The fraction of sp³-hybridized carbons (Fsp3) is 0.273. The first-order valence-electron chi connectivity index (χ1n) is 5.19. The molecule has 1 aliphatic heterocycles. The first-order valence-corrected chi connectivity index (χ1v) is 5.19. The Morgan fingerprint density at radius 3 is 3.19 bits per heavy atom. The molecule has 0 bridgehead atoms. The molecule has 0 atom stereocenters. The zero-order valence-corrected chi connectivity index (χ0v) is 8.60. The quantitative estimate of drug-likeness (QED) is 0.742. The monoisotopic (exact) mass is 217 g/mol. The van der Waals surface area contributed by atoms with Gasteiger partial charge in [-0.25, -0.2) is 9.78 Å². The Kier molecular flexibility index (Phi) is 1.94. The molecule has 1 aliphatic rings. The predicted octanol–water partition coefficient (Wildman–Crippen LogP) is 0.838. The average molecular weight is 217 g/mol. The van der Waals surface area contributed by atoms with Crippen LogP contribution in [-0.2, 0) is 13.1 Å². The lowest BCUT2D eigenvalue weighted by molar-refractivity contribution is 0.0697. The van der Waals surface area contributed by atoms with E-state index >= 15 is 0 Å². The van der Waals surface area contributed by atoms with Crippen molar-refractivity contribution in [3.8, 4) is 0 Å². The van der Waals surface area contributed by atoms with E-state index in [4.69, 9.17) is 5.11 Å². The van der Waals surface area contributed by atoms with Gasteiger partial charge in [-0.05, 0) is 18.2 Å². The number of benzene rings is 1. The van der Waals surface area contributed by atoms with Crippen molar-refractivity contribution in [3.63, 3.8) is 0 Å². The summed E-state index contributed by atoms with van der Waals surface area (Å²) in [7, 11) is 0. The summed E-state index contributed by atoms with van der Waals surface area (Å²) in [6, 6.07) is 5.09. The van der Waals surface area contributed by atoms with Crippen LogP contribution in [0.3, 0.4) is 0 Å². The van der Waals surface area contributed by atoms with Crippen LogP contribution in [0.25, 0.3) is 11.0 Å². The number of imidazole rings is 1. The molecule has 0 fully saturated rings. The number of aromatic nitrogens is 2. The van der Waals surface area contributed by atoms with Gasteiger partial charge in [0.2, 0.25) is 0 Å². The first-order chi connectivity index (χ1) is 7.75. The van der Waals surface area contributed by atoms with Crippen LogP contribution in [-0.4, -0.2) is 27.2 Å². The summed E-state index contributed by atoms with van der Waals surface area (Å²) in [5.41, 5.74) is 2.07. The van der Waals surface area contributed by atoms with E-state index in [1.165, 1.54) is 0 Å². The summed E-state index contributed by atoms with van der Waals surface area (Å²) < 4.78 is 2.14. The van der Waals surface area contributed by atoms with Crippen LogP contribution in [0.15, 0.2) is 18.2 Å². The van der Waals surface area contributed by atoms with Crippen LogP contribution >= 0.6 is 0 Å². The zero-order chi connectivity index (χ0) is 11.1. The van der Waals surface area contributed by atoms with E-state index in [2.05, 4.69) is 14.9 Å². The zero-order valence-electron chi connectivity index (χ0n) is 8.60. The van der Waals surface area contributed by atoms with Crippen LogP contribution in [0.2, 0.25) is 0 Å². The van der Waals surface area contributed by atoms with Crippen molar-refractivity contribution in [2.75, 3.05) is 6.54 Å². The lowest BCUT2D eigenvalue weighted by atomic mass is 10.2. The summed E-state index contributed by atoms with van der Waals surface area (Å²) >= 11 is 0. The van der Waals surface area contributed by atoms with Crippen molar-refractivity contribution in [1.82, 2.24) is 14.9 Å². The summed E-state index contributed by atoms with van der Waals surface area (Å²) in [6.07, 6.45) is 0. The minimum atomic E-state index is -0.911. The molecule has 1 aromatic carbocycles. The normalized spacial score (nSPS) is 15.0. The van der Waals surface area contributed by atoms with Gasteiger partial charge in [0.05, 0.1) is 23.1 Å². The van der Waals surface area contributed by atoms with Crippen LogP contribution in [0.5, 0.6) is 0 Å². The van der Waals surface area contributed by atoms with Crippen molar-refractivity contribution < 1.29 is 9.90 Å². The van der Waals surface area contributed by atoms with E-state index in [0.29, 0.717) is 0 Å². The molecule has 2 heterocycles.